The largest absolute Gasteiger partial charge is 0.375 e. The first-order valence-electron chi connectivity index (χ1n) is 5.08. The number of hydrogen-bond acceptors (Lipinski definition) is 5. The Morgan fingerprint density at radius 2 is 2.38 bits per heavy atom. The number of rotatable bonds is 4. The molecule has 92 valence electrons. The van der Waals surface area contributed by atoms with Crippen molar-refractivity contribution in [1.29, 1.82) is 0 Å². The lowest BCUT2D eigenvalue weighted by atomic mass is 9.88. The molecule has 8 heteroatoms. The van der Waals surface area contributed by atoms with Gasteiger partial charge in [0.1, 0.15) is 48.7 Å². The van der Waals surface area contributed by atoms with E-state index in [0.29, 0.717) is 13.2 Å². The molecule has 2 aliphatic heterocycles. The van der Waals surface area contributed by atoms with Gasteiger partial charge in [0.15, 0.2) is 0 Å². The fourth-order valence-corrected chi connectivity index (χ4v) is 3.43. The molecule has 2 heterocycles. The van der Waals surface area contributed by atoms with Crippen molar-refractivity contribution in [3.05, 3.63) is 0 Å². The van der Waals surface area contributed by atoms with Crippen LogP contribution in [0.1, 0.15) is 0 Å². The van der Waals surface area contributed by atoms with Gasteiger partial charge in [0.25, 0.3) is 0 Å². The second kappa shape index (κ2) is 5.53. The average molecular weight is 453 g/mol. The van der Waals surface area contributed by atoms with Crippen molar-refractivity contribution in [1.82, 2.24) is 5.06 Å². The lowest BCUT2D eigenvalue weighted by molar-refractivity contribution is -0.259. The van der Waals surface area contributed by atoms with E-state index in [2.05, 4.69) is 22.6 Å². The molecule has 0 amide bonds. The predicted molar refractivity (Wildman–Crippen MR) is 77.4 cm³/mol. The SMILES string of the molecule is BC1OC2(COI)CN(CI)OC1C2OC. The van der Waals surface area contributed by atoms with Crippen LogP contribution in [0.25, 0.3) is 0 Å². The summed E-state index contributed by atoms with van der Waals surface area (Å²) in [7, 11) is 3.71. The van der Waals surface area contributed by atoms with Gasteiger partial charge in [-0.05, 0) is 0 Å². The van der Waals surface area contributed by atoms with Crippen molar-refractivity contribution in [2.24, 2.45) is 0 Å². The lowest BCUT2D eigenvalue weighted by Crippen LogP contribution is -2.60. The van der Waals surface area contributed by atoms with E-state index in [0.717, 1.165) is 4.55 Å². The summed E-state index contributed by atoms with van der Waals surface area (Å²) in [6.07, 6.45) is -0.100. The van der Waals surface area contributed by atoms with Gasteiger partial charge in [-0.3, -0.25) is 4.84 Å². The quantitative estimate of drug-likeness (QED) is 0.262. The van der Waals surface area contributed by atoms with E-state index in [9.17, 15) is 0 Å². The minimum absolute atomic E-state index is 0.0319. The molecule has 4 atom stereocenters. The molecule has 0 aromatic heterocycles. The van der Waals surface area contributed by atoms with Crippen LogP contribution < -0.4 is 0 Å². The topological polar surface area (TPSA) is 40.2 Å². The molecule has 0 radical (unpaired) electrons. The van der Waals surface area contributed by atoms with Gasteiger partial charge in [-0.15, -0.1) is 0 Å². The van der Waals surface area contributed by atoms with Gasteiger partial charge in [-0.25, -0.2) is 0 Å². The van der Waals surface area contributed by atoms with Crippen LogP contribution in [0.15, 0.2) is 0 Å². The van der Waals surface area contributed by atoms with E-state index >= 15 is 0 Å². The number of alkyl halides is 1. The lowest BCUT2D eigenvalue weighted by Gasteiger charge is -2.41. The molecule has 0 N–H and O–H groups in total. The maximum atomic E-state index is 6.02. The van der Waals surface area contributed by atoms with Gasteiger partial charge in [0.05, 0.1) is 23.7 Å². The maximum Gasteiger partial charge on any atom is 0.142 e. The van der Waals surface area contributed by atoms with Crippen molar-refractivity contribution in [3.8, 4) is 0 Å². The summed E-state index contributed by atoms with van der Waals surface area (Å²) in [5, 5.41) is 1.92. The Bertz CT molecular complexity index is 262. The first-order valence-corrected chi connectivity index (χ1v) is 7.49. The number of halogens is 2. The Labute approximate surface area is 124 Å². The van der Waals surface area contributed by atoms with Gasteiger partial charge in [0, 0.05) is 7.11 Å². The molecule has 2 saturated heterocycles. The Balaban J connectivity index is 2.22. The second-order valence-corrected chi connectivity index (χ2v) is 5.43. The van der Waals surface area contributed by atoms with Gasteiger partial charge < -0.3 is 12.5 Å². The van der Waals surface area contributed by atoms with Crippen molar-refractivity contribution in [2.45, 2.75) is 23.8 Å². The van der Waals surface area contributed by atoms with Gasteiger partial charge >= 0.3 is 0 Å². The van der Waals surface area contributed by atoms with E-state index in [1.165, 1.54) is 0 Å². The number of nitrogens with zero attached hydrogens (tertiary/aromatic N) is 1. The number of fused-ring (bicyclic) bond motifs is 2. The zero-order chi connectivity index (χ0) is 11.8. The first-order chi connectivity index (χ1) is 7.66. The summed E-state index contributed by atoms with van der Waals surface area (Å²) in [5.41, 5.74) is -0.399. The van der Waals surface area contributed by atoms with Crippen molar-refractivity contribution < 1.29 is 17.4 Å². The van der Waals surface area contributed by atoms with Crippen LogP contribution in [0.3, 0.4) is 0 Å². The first kappa shape index (κ1) is 13.7. The molecule has 2 aliphatic rings. The van der Waals surface area contributed by atoms with Crippen LogP contribution in [0, 0.1) is 0 Å². The number of ether oxygens (including phenoxy) is 2. The van der Waals surface area contributed by atoms with Crippen LogP contribution in [0.4, 0.5) is 0 Å². The third kappa shape index (κ3) is 2.26. The molecule has 2 fully saturated rings. The highest BCUT2D eigenvalue weighted by Crippen LogP contribution is 2.40. The fourth-order valence-electron chi connectivity index (χ4n) is 2.50. The summed E-state index contributed by atoms with van der Waals surface area (Å²) >= 11 is 4.18. The summed E-state index contributed by atoms with van der Waals surface area (Å²) in [6.45, 7) is 1.20. The van der Waals surface area contributed by atoms with Gasteiger partial charge in [-0.1, -0.05) is 22.6 Å². The molecule has 0 spiro atoms. The number of hydroxylamine groups is 2. The zero-order valence-electron chi connectivity index (χ0n) is 9.19. The Hall–Kier alpha value is 1.32. The Kier molecular flexibility index (Phi) is 4.75. The smallest absolute Gasteiger partial charge is 0.142 e. The second-order valence-electron chi connectivity index (χ2n) is 4.13. The summed E-state index contributed by atoms with van der Waals surface area (Å²) in [5.74, 6) is 0. The highest BCUT2D eigenvalue weighted by Gasteiger charge is 2.59. The molecule has 4 unspecified atom stereocenters. The molecule has 0 aromatic rings. The molecule has 0 saturated carbocycles. The molecule has 2 bridgehead atoms. The van der Waals surface area contributed by atoms with E-state index in [1.54, 1.807) is 7.11 Å². The van der Waals surface area contributed by atoms with Crippen molar-refractivity contribution in [3.63, 3.8) is 0 Å². The standard InChI is InChI=1S/C8H14BI2NO4/c1-13-6-5-7(9)15-8(6,3-14-11)2-12(4-10)16-5/h5-7H,2-4,9H2,1H3. The summed E-state index contributed by atoms with van der Waals surface area (Å²) in [6, 6.07) is 0.0319. The summed E-state index contributed by atoms with van der Waals surface area (Å²) in [4.78, 5) is 5.83. The minimum atomic E-state index is -0.399. The minimum Gasteiger partial charge on any atom is -0.375 e. The molecule has 0 aliphatic carbocycles. The summed E-state index contributed by atoms with van der Waals surface area (Å²) < 4.78 is 17.6. The highest BCUT2D eigenvalue weighted by atomic mass is 127. The molecular formula is C8H14BI2NO4. The van der Waals surface area contributed by atoms with Crippen LogP contribution in [0.5, 0.6) is 0 Å². The van der Waals surface area contributed by atoms with E-state index in [-0.39, 0.29) is 18.2 Å². The third-order valence-electron chi connectivity index (χ3n) is 3.10. The Morgan fingerprint density at radius 1 is 1.62 bits per heavy atom. The molecule has 0 aromatic carbocycles. The third-order valence-corrected chi connectivity index (χ3v) is 4.17. The molecule has 5 nitrogen and oxygen atoms in total. The zero-order valence-corrected chi connectivity index (χ0v) is 13.5. The fraction of sp³-hybridized carbons (Fsp3) is 1.00. The highest BCUT2D eigenvalue weighted by molar-refractivity contribution is 14.1. The van der Waals surface area contributed by atoms with E-state index < -0.39 is 5.60 Å². The van der Waals surface area contributed by atoms with Crippen molar-refractivity contribution in [2.75, 3.05) is 24.8 Å². The molecule has 16 heavy (non-hydrogen) atoms. The van der Waals surface area contributed by atoms with Gasteiger partial charge in [0.2, 0.25) is 0 Å². The predicted octanol–water partition coefficient (Wildman–Crippen LogP) is 0.104. The number of methoxy groups -OCH3 is 1. The van der Waals surface area contributed by atoms with Crippen LogP contribution in [-0.4, -0.2) is 61.5 Å². The van der Waals surface area contributed by atoms with E-state index in [4.69, 9.17) is 17.4 Å². The van der Waals surface area contributed by atoms with Crippen LogP contribution in [-0.2, 0) is 17.4 Å². The maximum absolute atomic E-state index is 6.02. The average Bonchev–Trinajstić information content (AvgIpc) is 2.42. The van der Waals surface area contributed by atoms with Crippen LogP contribution in [0.2, 0.25) is 0 Å². The van der Waals surface area contributed by atoms with Crippen molar-refractivity contribution >= 4 is 53.4 Å². The molecular weight excluding hydrogens is 439 g/mol. The van der Waals surface area contributed by atoms with E-state index in [1.807, 2.05) is 35.9 Å². The Morgan fingerprint density at radius 3 is 2.94 bits per heavy atom. The molecule has 2 rings (SSSR count). The number of hydrogen-bond donors (Lipinski definition) is 0. The normalized spacial score (nSPS) is 43.8. The monoisotopic (exact) mass is 453 g/mol. The van der Waals surface area contributed by atoms with Crippen LogP contribution >= 0.6 is 45.6 Å². The van der Waals surface area contributed by atoms with Gasteiger partial charge in [-0.2, -0.15) is 5.06 Å².